The van der Waals surface area contributed by atoms with Crippen molar-refractivity contribution in [2.24, 2.45) is 0 Å². The highest BCUT2D eigenvalue weighted by molar-refractivity contribution is 7.89. The fraction of sp³-hybridized carbons (Fsp3) is 0.320. The van der Waals surface area contributed by atoms with Crippen LogP contribution in [0.25, 0.3) is 0 Å². The number of methoxy groups -OCH3 is 1. The van der Waals surface area contributed by atoms with E-state index in [1.807, 2.05) is 56.3 Å². The summed E-state index contributed by atoms with van der Waals surface area (Å²) in [6.45, 7) is 4.25. The number of hydrogen-bond donors (Lipinski definition) is 0. The van der Waals surface area contributed by atoms with Crippen molar-refractivity contribution in [2.45, 2.75) is 31.8 Å². The van der Waals surface area contributed by atoms with E-state index >= 15 is 0 Å². The van der Waals surface area contributed by atoms with Crippen LogP contribution in [-0.2, 0) is 32.6 Å². The summed E-state index contributed by atoms with van der Waals surface area (Å²) in [4.78, 5) is 15.2. The van der Waals surface area contributed by atoms with Crippen molar-refractivity contribution >= 4 is 15.9 Å². The summed E-state index contributed by atoms with van der Waals surface area (Å²) in [6.07, 6.45) is 0. The van der Waals surface area contributed by atoms with Crippen molar-refractivity contribution in [1.82, 2.24) is 9.21 Å². The lowest BCUT2D eigenvalue weighted by Crippen LogP contribution is -2.43. The van der Waals surface area contributed by atoms with Crippen molar-refractivity contribution in [1.29, 1.82) is 0 Å². The SMILES string of the molecule is COCCN(CC(=O)N(Cc1ccccc1)Cc1ccc(C)o1)S(=O)(=O)c1ccc(C)cc1. The Kier molecular flexibility index (Phi) is 8.43. The Hall–Kier alpha value is -2.94. The predicted octanol–water partition coefficient (Wildman–Crippen LogP) is 3.76. The second-order valence-corrected chi connectivity index (χ2v) is 9.83. The molecule has 0 N–H and O–H groups in total. The Labute approximate surface area is 195 Å². The number of ether oxygens (including phenoxy) is 1. The zero-order chi connectivity index (χ0) is 23.8. The number of sulfonamides is 1. The Balaban J connectivity index is 1.85. The summed E-state index contributed by atoms with van der Waals surface area (Å²) in [5, 5.41) is 0. The quantitative estimate of drug-likeness (QED) is 0.426. The highest BCUT2D eigenvalue weighted by Gasteiger charge is 2.28. The van der Waals surface area contributed by atoms with Gasteiger partial charge in [0.1, 0.15) is 11.5 Å². The topological polar surface area (TPSA) is 80.1 Å². The number of nitrogens with zero attached hydrogens (tertiary/aromatic N) is 2. The van der Waals surface area contributed by atoms with E-state index in [1.165, 1.54) is 11.4 Å². The van der Waals surface area contributed by atoms with Gasteiger partial charge in [-0.25, -0.2) is 8.42 Å². The van der Waals surface area contributed by atoms with Gasteiger partial charge in [0.25, 0.3) is 0 Å². The minimum atomic E-state index is -3.88. The van der Waals surface area contributed by atoms with Crippen molar-refractivity contribution in [3.63, 3.8) is 0 Å². The highest BCUT2D eigenvalue weighted by atomic mass is 32.2. The maximum absolute atomic E-state index is 13.4. The second-order valence-electron chi connectivity index (χ2n) is 7.89. The Morgan fingerprint density at radius 1 is 0.939 bits per heavy atom. The number of furan rings is 1. The van der Waals surface area contributed by atoms with Gasteiger partial charge in [-0.05, 0) is 43.7 Å². The molecule has 7 nitrogen and oxygen atoms in total. The smallest absolute Gasteiger partial charge is 0.243 e. The van der Waals surface area contributed by atoms with Crippen molar-refractivity contribution < 1.29 is 22.4 Å². The number of carbonyl (C=O) groups excluding carboxylic acids is 1. The molecule has 8 heteroatoms. The van der Waals surface area contributed by atoms with E-state index in [4.69, 9.17) is 9.15 Å². The van der Waals surface area contributed by atoms with Crippen LogP contribution in [0.5, 0.6) is 0 Å². The molecule has 1 amide bonds. The first kappa shape index (κ1) is 24.7. The minimum absolute atomic E-state index is 0.0670. The molecule has 0 aliphatic heterocycles. The van der Waals surface area contributed by atoms with E-state index in [0.717, 1.165) is 16.9 Å². The van der Waals surface area contributed by atoms with Gasteiger partial charge in [0.05, 0.1) is 24.6 Å². The van der Waals surface area contributed by atoms with E-state index in [0.29, 0.717) is 12.3 Å². The van der Waals surface area contributed by atoms with E-state index < -0.39 is 10.0 Å². The standard InChI is InChI=1S/C25H30N2O5S/c1-20-9-13-24(14-10-20)33(29,30)27(15-16-31-3)19-25(28)26(17-22-7-5-4-6-8-22)18-23-12-11-21(2)32-23/h4-14H,15-19H2,1-3H3. The van der Waals surface area contributed by atoms with E-state index in [9.17, 15) is 13.2 Å². The Morgan fingerprint density at radius 2 is 1.64 bits per heavy atom. The summed E-state index contributed by atoms with van der Waals surface area (Å²) < 4.78 is 38.6. The molecule has 0 bridgehead atoms. The average Bonchev–Trinajstić information content (AvgIpc) is 3.21. The van der Waals surface area contributed by atoms with Gasteiger partial charge < -0.3 is 14.1 Å². The molecular weight excluding hydrogens is 440 g/mol. The molecular formula is C25H30N2O5S. The maximum atomic E-state index is 13.4. The van der Waals surface area contributed by atoms with Crippen LogP contribution < -0.4 is 0 Å². The largest absolute Gasteiger partial charge is 0.464 e. The van der Waals surface area contributed by atoms with Crippen LogP contribution in [0.3, 0.4) is 0 Å². The molecule has 0 spiro atoms. The molecule has 0 fully saturated rings. The Bertz CT molecular complexity index is 1140. The lowest BCUT2D eigenvalue weighted by molar-refractivity contribution is -0.133. The van der Waals surface area contributed by atoms with Gasteiger partial charge in [-0.2, -0.15) is 4.31 Å². The number of carbonyl (C=O) groups is 1. The van der Waals surface area contributed by atoms with Crippen LogP contribution in [0.1, 0.15) is 22.6 Å². The predicted molar refractivity (Wildman–Crippen MR) is 126 cm³/mol. The first-order valence-electron chi connectivity index (χ1n) is 10.7. The lowest BCUT2D eigenvalue weighted by atomic mass is 10.2. The van der Waals surface area contributed by atoms with Gasteiger partial charge >= 0.3 is 0 Å². The molecule has 176 valence electrons. The maximum Gasteiger partial charge on any atom is 0.243 e. The van der Waals surface area contributed by atoms with E-state index in [1.54, 1.807) is 29.2 Å². The van der Waals surface area contributed by atoms with E-state index in [2.05, 4.69) is 0 Å². The van der Waals surface area contributed by atoms with Crippen LogP contribution in [0.15, 0.2) is 76.0 Å². The van der Waals surface area contributed by atoms with Crippen LogP contribution >= 0.6 is 0 Å². The first-order valence-corrected chi connectivity index (χ1v) is 12.2. The van der Waals surface area contributed by atoms with Gasteiger partial charge in [-0.3, -0.25) is 4.79 Å². The molecule has 2 aromatic carbocycles. The summed E-state index contributed by atoms with van der Waals surface area (Å²) >= 11 is 0. The molecule has 0 saturated heterocycles. The van der Waals surface area contributed by atoms with Gasteiger partial charge in [0.15, 0.2) is 0 Å². The molecule has 3 aromatic rings. The summed E-state index contributed by atoms with van der Waals surface area (Å²) in [5.74, 6) is 1.07. The zero-order valence-electron chi connectivity index (χ0n) is 19.2. The first-order chi connectivity index (χ1) is 15.8. The molecule has 1 heterocycles. The third-order valence-corrected chi connectivity index (χ3v) is 7.09. The highest BCUT2D eigenvalue weighted by Crippen LogP contribution is 2.18. The van der Waals surface area contributed by atoms with Crippen LogP contribution in [-0.4, -0.2) is 50.3 Å². The van der Waals surface area contributed by atoms with Crippen LogP contribution in [0, 0.1) is 13.8 Å². The molecule has 0 saturated carbocycles. The lowest BCUT2D eigenvalue weighted by Gasteiger charge is -2.27. The molecule has 33 heavy (non-hydrogen) atoms. The van der Waals surface area contributed by atoms with E-state index in [-0.39, 0.29) is 37.0 Å². The molecule has 0 unspecified atom stereocenters. The average molecular weight is 471 g/mol. The van der Waals surface area contributed by atoms with Crippen LogP contribution in [0.4, 0.5) is 0 Å². The molecule has 0 aliphatic carbocycles. The van der Waals surface area contributed by atoms with Gasteiger partial charge in [0, 0.05) is 20.2 Å². The molecule has 0 aliphatic rings. The number of rotatable bonds is 11. The van der Waals surface area contributed by atoms with Gasteiger partial charge in [-0.1, -0.05) is 48.0 Å². The Morgan fingerprint density at radius 3 is 2.24 bits per heavy atom. The monoisotopic (exact) mass is 470 g/mol. The fourth-order valence-corrected chi connectivity index (χ4v) is 4.76. The number of aryl methyl sites for hydroxylation is 2. The molecule has 1 aromatic heterocycles. The van der Waals surface area contributed by atoms with Gasteiger partial charge in [-0.15, -0.1) is 0 Å². The number of hydrogen-bond acceptors (Lipinski definition) is 5. The molecule has 0 radical (unpaired) electrons. The number of benzene rings is 2. The normalized spacial score (nSPS) is 11.6. The fourth-order valence-electron chi connectivity index (χ4n) is 3.38. The molecule has 0 atom stereocenters. The van der Waals surface area contributed by atoms with Crippen molar-refractivity contribution in [2.75, 3.05) is 26.8 Å². The molecule has 3 rings (SSSR count). The van der Waals surface area contributed by atoms with Gasteiger partial charge in [0.2, 0.25) is 15.9 Å². The minimum Gasteiger partial charge on any atom is -0.464 e. The number of amides is 1. The zero-order valence-corrected chi connectivity index (χ0v) is 20.0. The third-order valence-electron chi connectivity index (χ3n) is 5.23. The van der Waals surface area contributed by atoms with Crippen molar-refractivity contribution in [3.05, 3.63) is 89.4 Å². The summed E-state index contributed by atoms with van der Waals surface area (Å²) in [5.41, 5.74) is 1.90. The third kappa shape index (κ3) is 6.77. The van der Waals surface area contributed by atoms with Crippen LogP contribution in [0.2, 0.25) is 0 Å². The summed E-state index contributed by atoms with van der Waals surface area (Å²) in [6, 6.07) is 19.8. The summed E-state index contributed by atoms with van der Waals surface area (Å²) in [7, 11) is -2.38. The van der Waals surface area contributed by atoms with Crippen molar-refractivity contribution in [3.8, 4) is 0 Å². The second kappa shape index (κ2) is 11.3.